The number of nitrogens with zero attached hydrogens (tertiary/aromatic N) is 2. The average molecular weight is 376 g/mol. The van der Waals surface area contributed by atoms with Crippen molar-refractivity contribution in [3.05, 3.63) is 39.0 Å². The number of benzene rings is 1. The Balaban J connectivity index is 2.24. The molecule has 0 unspecified atom stereocenters. The van der Waals surface area contributed by atoms with Gasteiger partial charge in [0, 0.05) is 11.6 Å². The van der Waals surface area contributed by atoms with Gasteiger partial charge >= 0.3 is 0 Å². The zero-order valence-corrected chi connectivity index (χ0v) is 13.8. The highest BCUT2D eigenvalue weighted by Gasteiger charge is 2.10. The van der Waals surface area contributed by atoms with E-state index in [2.05, 4.69) is 43.5 Å². The molecular formula is C13H13BrCl2N4. The van der Waals surface area contributed by atoms with E-state index in [1.165, 1.54) is 6.33 Å². The molecule has 2 N–H and O–H groups in total. The zero-order valence-electron chi connectivity index (χ0n) is 10.8. The third-order valence-corrected chi connectivity index (χ3v) is 3.82. The maximum atomic E-state index is 6.13. The fraction of sp³-hybridized carbons (Fsp3) is 0.231. The van der Waals surface area contributed by atoms with Gasteiger partial charge in [-0.1, -0.05) is 30.1 Å². The number of hydrogen-bond donors (Lipinski definition) is 2. The van der Waals surface area contributed by atoms with Gasteiger partial charge in [-0.05, 0) is 40.5 Å². The Morgan fingerprint density at radius 1 is 1.20 bits per heavy atom. The normalized spacial score (nSPS) is 10.4. The van der Waals surface area contributed by atoms with Crippen molar-refractivity contribution in [2.75, 3.05) is 17.2 Å². The molecule has 2 aromatic rings. The molecule has 0 aliphatic rings. The summed E-state index contributed by atoms with van der Waals surface area (Å²) in [5.74, 6) is 1.39. The number of halogens is 3. The second kappa shape index (κ2) is 7.11. The SMILES string of the molecule is CCCNc1ncnc(Nc2ccc(Cl)cc2Cl)c1Br. The predicted octanol–water partition coefficient (Wildman–Crippen LogP) is 5.11. The second-order valence-corrected chi connectivity index (χ2v) is 5.70. The molecule has 0 aliphatic carbocycles. The molecule has 0 bridgehead atoms. The first-order chi connectivity index (χ1) is 9.61. The summed E-state index contributed by atoms with van der Waals surface area (Å²) < 4.78 is 0.763. The molecule has 20 heavy (non-hydrogen) atoms. The highest BCUT2D eigenvalue weighted by molar-refractivity contribution is 9.10. The number of rotatable bonds is 5. The van der Waals surface area contributed by atoms with E-state index in [1.54, 1.807) is 18.2 Å². The van der Waals surface area contributed by atoms with Crippen LogP contribution in [0.25, 0.3) is 0 Å². The molecule has 4 nitrogen and oxygen atoms in total. The van der Waals surface area contributed by atoms with Crippen LogP contribution >= 0.6 is 39.1 Å². The molecule has 0 fully saturated rings. The molecule has 0 amide bonds. The molecule has 0 atom stereocenters. The Kier molecular flexibility index (Phi) is 5.46. The van der Waals surface area contributed by atoms with Crippen LogP contribution in [0, 0.1) is 0 Å². The van der Waals surface area contributed by atoms with Crippen LogP contribution in [0.3, 0.4) is 0 Å². The van der Waals surface area contributed by atoms with Crippen LogP contribution in [0.1, 0.15) is 13.3 Å². The second-order valence-electron chi connectivity index (χ2n) is 4.06. The van der Waals surface area contributed by atoms with Gasteiger partial charge in [-0.2, -0.15) is 0 Å². The Morgan fingerprint density at radius 2 is 1.95 bits per heavy atom. The third kappa shape index (κ3) is 3.75. The van der Waals surface area contributed by atoms with Gasteiger partial charge in [0.1, 0.15) is 22.4 Å². The van der Waals surface area contributed by atoms with Crippen molar-refractivity contribution in [3.8, 4) is 0 Å². The van der Waals surface area contributed by atoms with Gasteiger partial charge in [0.05, 0.1) is 10.7 Å². The van der Waals surface area contributed by atoms with E-state index in [4.69, 9.17) is 23.2 Å². The zero-order chi connectivity index (χ0) is 14.5. The van der Waals surface area contributed by atoms with Crippen molar-refractivity contribution in [1.82, 2.24) is 9.97 Å². The fourth-order valence-electron chi connectivity index (χ4n) is 1.54. The van der Waals surface area contributed by atoms with E-state index in [9.17, 15) is 0 Å². The summed E-state index contributed by atoms with van der Waals surface area (Å²) in [6.07, 6.45) is 2.51. The third-order valence-electron chi connectivity index (χ3n) is 2.52. The summed E-state index contributed by atoms with van der Waals surface area (Å²) in [7, 11) is 0. The summed E-state index contributed by atoms with van der Waals surface area (Å²) in [5, 5.41) is 7.50. The Morgan fingerprint density at radius 3 is 2.65 bits per heavy atom. The molecule has 1 heterocycles. The van der Waals surface area contributed by atoms with Crippen molar-refractivity contribution >= 4 is 56.5 Å². The predicted molar refractivity (Wildman–Crippen MR) is 88.3 cm³/mol. The summed E-state index contributed by atoms with van der Waals surface area (Å²) in [6.45, 7) is 2.94. The highest BCUT2D eigenvalue weighted by atomic mass is 79.9. The molecule has 0 saturated carbocycles. The lowest BCUT2D eigenvalue weighted by Crippen LogP contribution is -2.05. The number of nitrogens with one attached hydrogen (secondary N) is 2. The van der Waals surface area contributed by atoms with E-state index in [1.807, 2.05) is 0 Å². The molecule has 0 aliphatic heterocycles. The van der Waals surface area contributed by atoms with Crippen LogP contribution in [0.5, 0.6) is 0 Å². The largest absolute Gasteiger partial charge is 0.369 e. The van der Waals surface area contributed by atoms with Crippen molar-refractivity contribution in [2.45, 2.75) is 13.3 Å². The van der Waals surface area contributed by atoms with Crippen LogP contribution in [0.4, 0.5) is 17.3 Å². The van der Waals surface area contributed by atoms with Gasteiger partial charge in [0.15, 0.2) is 0 Å². The molecule has 0 radical (unpaired) electrons. The molecule has 0 saturated heterocycles. The van der Waals surface area contributed by atoms with E-state index in [0.717, 1.165) is 28.9 Å². The van der Waals surface area contributed by atoms with Crippen LogP contribution < -0.4 is 10.6 Å². The Labute approximate surface area is 136 Å². The molecular weight excluding hydrogens is 363 g/mol. The van der Waals surface area contributed by atoms with Crippen molar-refractivity contribution in [1.29, 1.82) is 0 Å². The van der Waals surface area contributed by atoms with Crippen molar-refractivity contribution in [3.63, 3.8) is 0 Å². The van der Waals surface area contributed by atoms with E-state index >= 15 is 0 Å². The molecule has 0 spiro atoms. The number of anilines is 3. The standard InChI is InChI=1S/C13H13BrCl2N4/c1-2-5-17-12-11(14)13(19-7-18-12)20-10-4-3-8(15)6-9(10)16/h3-4,6-7H,2,5H2,1H3,(H2,17,18,19,20). The summed E-state index contributed by atoms with van der Waals surface area (Å²) >= 11 is 15.5. The molecule has 2 rings (SSSR count). The number of hydrogen-bond acceptors (Lipinski definition) is 4. The summed E-state index contributed by atoms with van der Waals surface area (Å²) in [4.78, 5) is 8.40. The molecule has 1 aromatic carbocycles. The lowest BCUT2D eigenvalue weighted by Gasteiger charge is -2.12. The van der Waals surface area contributed by atoms with Crippen molar-refractivity contribution < 1.29 is 0 Å². The lowest BCUT2D eigenvalue weighted by atomic mass is 10.3. The quantitative estimate of drug-likeness (QED) is 0.762. The monoisotopic (exact) mass is 374 g/mol. The fourth-order valence-corrected chi connectivity index (χ4v) is 2.44. The van der Waals surface area contributed by atoms with Gasteiger partial charge < -0.3 is 10.6 Å². The smallest absolute Gasteiger partial charge is 0.150 e. The Hall–Kier alpha value is -1.04. The molecule has 7 heteroatoms. The van der Waals surface area contributed by atoms with Crippen LogP contribution in [-0.4, -0.2) is 16.5 Å². The molecule has 106 valence electrons. The minimum Gasteiger partial charge on any atom is -0.369 e. The molecule has 1 aromatic heterocycles. The van der Waals surface area contributed by atoms with Gasteiger partial charge in [-0.3, -0.25) is 0 Å². The topological polar surface area (TPSA) is 49.8 Å². The average Bonchev–Trinajstić information content (AvgIpc) is 2.42. The first kappa shape index (κ1) is 15.4. The maximum absolute atomic E-state index is 6.13. The van der Waals surface area contributed by atoms with Gasteiger partial charge in [0.2, 0.25) is 0 Å². The van der Waals surface area contributed by atoms with Crippen LogP contribution in [-0.2, 0) is 0 Å². The Bertz CT molecular complexity index is 607. The van der Waals surface area contributed by atoms with Gasteiger partial charge in [-0.15, -0.1) is 0 Å². The van der Waals surface area contributed by atoms with Gasteiger partial charge in [0.25, 0.3) is 0 Å². The lowest BCUT2D eigenvalue weighted by molar-refractivity contribution is 0.962. The first-order valence-electron chi connectivity index (χ1n) is 6.08. The van der Waals surface area contributed by atoms with E-state index in [-0.39, 0.29) is 0 Å². The maximum Gasteiger partial charge on any atom is 0.150 e. The van der Waals surface area contributed by atoms with Gasteiger partial charge in [-0.25, -0.2) is 9.97 Å². The minimum absolute atomic E-state index is 0.533. The summed E-state index contributed by atoms with van der Waals surface area (Å²) in [5.41, 5.74) is 0.733. The first-order valence-corrected chi connectivity index (χ1v) is 7.63. The number of aromatic nitrogens is 2. The highest BCUT2D eigenvalue weighted by Crippen LogP contribution is 2.32. The van der Waals surface area contributed by atoms with E-state index in [0.29, 0.717) is 15.9 Å². The minimum atomic E-state index is 0.533. The van der Waals surface area contributed by atoms with Crippen LogP contribution in [0.2, 0.25) is 10.0 Å². The summed E-state index contributed by atoms with van der Waals surface area (Å²) in [6, 6.07) is 5.25. The van der Waals surface area contributed by atoms with Crippen LogP contribution in [0.15, 0.2) is 29.0 Å². The van der Waals surface area contributed by atoms with E-state index < -0.39 is 0 Å². The van der Waals surface area contributed by atoms with Crippen molar-refractivity contribution in [2.24, 2.45) is 0 Å².